The molecule has 0 atom stereocenters. The van der Waals surface area contributed by atoms with Crippen LogP contribution < -0.4 is 15.4 Å². The lowest BCUT2D eigenvalue weighted by Crippen LogP contribution is -2.16. The molecule has 0 aliphatic rings. The molecule has 0 bridgehead atoms. The van der Waals surface area contributed by atoms with Gasteiger partial charge in [0, 0.05) is 6.07 Å². The Morgan fingerprint density at radius 3 is 2.57 bits per heavy atom. The molecule has 3 rings (SSSR count). The number of anilines is 3. The lowest BCUT2D eigenvalue weighted by molar-refractivity contribution is 0.102. The van der Waals surface area contributed by atoms with E-state index in [2.05, 4.69) is 26.7 Å². The van der Waals surface area contributed by atoms with Crippen LogP contribution in [0.2, 0.25) is 0 Å². The predicted octanol–water partition coefficient (Wildman–Crippen LogP) is 4.05. The smallest absolute Gasteiger partial charge is 0.274 e. The van der Waals surface area contributed by atoms with Crippen molar-refractivity contribution >= 4 is 23.1 Å². The van der Waals surface area contributed by atoms with Gasteiger partial charge >= 0.3 is 0 Å². The SMILES string of the molecule is CCOc1ccccc1Nc1cc(C(=O)Nc2ccccc2C#N)nc(C)n1. The molecule has 1 heterocycles. The summed E-state index contributed by atoms with van der Waals surface area (Å²) in [6.07, 6.45) is 0. The fraction of sp³-hybridized carbons (Fsp3) is 0.143. The van der Waals surface area contributed by atoms with Crippen molar-refractivity contribution in [3.63, 3.8) is 0 Å². The van der Waals surface area contributed by atoms with Crippen LogP contribution in [0.15, 0.2) is 54.6 Å². The van der Waals surface area contributed by atoms with Crippen molar-refractivity contribution in [2.45, 2.75) is 13.8 Å². The van der Waals surface area contributed by atoms with Crippen LogP contribution in [0.5, 0.6) is 5.75 Å². The second-order valence-corrected chi connectivity index (χ2v) is 5.85. The first-order valence-electron chi connectivity index (χ1n) is 8.75. The molecule has 0 aliphatic carbocycles. The lowest BCUT2D eigenvalue weighted by atomic mass is 10.2. The van der Waals surface area contributed by atoms with E-state index in [1.807, 2.05) is 31.2 Å². The molecule has 1 amide bonds. The average molecular weight is 373 g/mol. The Morgan fingerprint density at radius 1 is 1.11 bits per heavy atom. The third kappa shape index (κ3) is 4.43. The fourth-order valence-electron chi connectivity index (χ4n) is 2.61. The summed E-state index contributed by atoms with van der Waals surface area (Å²) in [5.74, 6) is 1.18. The summed E-state index contributed by atoms with van der Waals surface area (Å²) in [5.41, 5.74) is 1.74. The van der Waals surface area contributed by atoms with E-state index in [0.717, 1.165) is 5.69 Å². The van der Waals surface area contributed by atoms with Gasteiger partial charge in [0.25, 0.3) is 5.91 Å². The van der Waals surface area contributed by atoms with Crippen LogP contribution in [0.4, 0.5) is 17.2 Å². The number of hydrogen-bond donors (Lipinski definition) is 2. The molecule has 0 radical (unpaired) electrons. The van der Waals surface area contributed by atoms with Gasteiger partial charge < -0.3 is 15.4 Å². The number of benzene rings is 2. The maximum Gasteiger partial charge on any atom is 0.274 e. The Bertz CT molecular complexity index is 1040. The van der Waals surface area contributed by atoms with E-state index in [1.165, 1.54) is 0 Å². The zero-order chi connectivity index (χ0) is 19.9. The molecular formula is C21H19N5O2. The molecule has 0 saturated heterocycles. The van der Waals surface area contributed by atoms with Crippen molar-refractivity contribution < 1.29 is 9.53 Å². The zero-order valence-electron chi connectivity index (χ0n) is 15.6. The van der Waals surface area contributed by atoms with E-state index in [-0.39, 0.29) is 5.69 Å². The number of aryl methyl sites for hydroxylation is 1. The van der Waals surface area contributed by atoms with E-state index in [9.17, 15) is 10.1 Å². The molecule has 0 aliphatic heterocycles. The average Bonchev–Trinajstić information content (AvgIpc) is 2.69. The van der Waals surface area contributed by atoms with Crippen molar-refractivity contribution in [2.75, 3.05) is 17.2 Å². The van der Waals surface area contributed by atoms with Gasteiger partial charge in [-0.25, -0.2) is 9.97 Å². The maximum absolute atomic E-state index is 12.6. The quantitative estimate of drug-likeness (QED) is 0.676. The molecule has 0 saturated carbocycles. The Labute approximate surface area is 163 Å². The maximum atomic E-state index is 12.6. The van der Waals surface area contributed by atoms with Crippen LogP contribution in [0.1, 0.15) is 28.8 Å². The molecule has 140 valence electrons. The minimum absolute atomic E-state index is 0.191. The van der Waals surface area contributed by atoms with Crippen LogP contribution in [-0.4, -0.2) is 22.5 Å². The highest BCUT2D eigenvalue weighted by atomic mass is 16.5. The first kappa shape index (κ1) is 18.9. The molecule has 2 aromatic carbocycles. The second-order valence-electron chi connectivity index (χ2n) is 5.85. The van der Waals surface area contributed by atoms with Crippen molar-refractivity contribution in [2.24, 2.45) is 0 Å². The number of para-hydroxylation sites is 3. The molecular weight excluding hydrogens is 354 g/mol. The van der Waals surface area contributed by atoms with E-state index in [0.29, 0.717) is 35.2 Å². The molecule has 3 aromatic rings. The van der Waals surface area contributed by atoms with Gasteiger partial charge in [0.1, 0.15) is 29.2 Å². The van der Waals surface area contributed by atoms with Gasteiger partial charge in [-0.3, -0.25) is 4.79 Å². The van der Waals surface area contributed by atoms with Crippen molar-refractivity contribution in [3.8, 4) is 11.8 Å². The van der Waals surface area contributed by atoms with Gasteiger partial charge in [0.05, 0.1) is 23.5 Å². The summed E-state index contributed by atoms with van der Waals surface area (Å²) in [7, 11) is 0. The largest absolute Gasteiger partial charge is 0.492 e. The third-order valence-corrected chi connectivity index (χ3v) is 3.82. The summed E-state index contributed by atoms with van der Waals surface area (Å²) in [4.78, 5) is 21.2. The summed E-state index contributed by atoms with van der Waals surface area (Å²) >= 11 is 0. The number of nitriles is 1. The van der Waals surface area contributed by atoms with Crippen LogP contribution in [0.3, 0.4) is 0 Å². The molecule has 0 spiro atoms. The number of carbonyl (C=O) groups excluding carboxylic acids is 1. The second kappa shape index (κ2) is 8.64. The predicted molar refractivity (Wildman–Crippen MR) is 107 cm³/mol. The van der Waals surface area contributed by atoms with Crippen LogP contribution >= 0.6 is 0 Å². The lowest BCUT2D eigenvalue weighted by Gasteiger charge is -2.13. The van der Waals surface area contributed by atoms with Crippen LogP contribution in [0.25, 0.3) is 0 Å². The normalized spacial score (nSPS) is 10.0. The number of ether oxygens (including phenoxy) is 1. The first-order valence-corrected chi connectivity index (χ1v) is 8.75. The highest BCUT2D eigenvalue weighted by Crippen LogP contribution is 2.27. The Morgan fingerprint density at radius 2 is 1.82 bits per heavy atom. The van der Waals surface area contributed by atoms with Gasteiger partial charge in [-0.15, -0.1) is 0 Å². The van der Waals surface area contributed by atoms with Crippen LogP contribution in [-0.2, 0) is 0 Å². The minimum atomic E-state index is -0.422. The topological polar surface area (TPSA) is 99.9 Å². The van der Waals surface area contributed by atoms with Gasteiger partial charge in [-0.05, 0) is 38.1 Å². The molecule has 7 nitrogen and oxygen atoms in total. The number of nitrogens with one attached hydrogen (secondary N) is 2. The van der Waals surface area contributed by atoms with E-state index in [1.54, 1.807) is 37.3 Å². The highest BCUT2D eigenvalue weighted by Gasteiger charge is 2.13. The molecule has 0 fully saturated rings. The molecule has 0 unspecified atom stereocenters. The summed E-state index contributed by atoms with van der Waals surface area (Å²) in [6.45, 7) is 4.15. The number of aromatic nitrogens is 2. The van der Waals surface area contributed by atoms with Gasteiger partial charge in [0.2, 0.25) is 0 Å². The Kier molecular flexibility index (Phi) is 5.82. The van der Waals surface area contributed by atoms with Gasteiger partial charge in [-0.1, -0.05) is 24.3 Å². The van der Waals surface area contributed by atoms with Crippen molar-refractivity contribution in [1.82, 2.24) is 9.97 Å². The third-order valence-electron chi connectivity index (χ3n) is 3.82. The number of nitrogens with zero attached hydrogens (tertiary/aromatic N) is 3. The Hall–Kier alpha value is -3.92. The van der Waals surface area contributed by atoms with E-state index >= 15 is 0 Å². The summed E-state index contributed by atoms with van der Waals surface area (Å²) in [6, 6.07) is 17.9. The van der Waals surface area contributed by atoms with Gasteiger partial charge in [0.15, 0.2) is 0 Å². The molecule has 7 heteroatoms. The van der Waals surface area contributed by atoms with Crippen molar-refractivity contribution in [1.29, 1.82) is 5.26 Å². The van der Waals surface area contributed by atoms with E-state index in [4.69, 9.17) is 4.74 Å². The van der Waals surface area contributed by atoms with E-state index < -0.39 is 5.91 Å². The molecule has 1 aromatic heterocycles. The van der Waals surface area contributed by atoms with Crippen molar-refractivity contribution in [3.05, 3.63) is 71.7 Å². The molecule has 28 heavy (non-hydrogen) atoms. The monoisotopic (exact) mass is 373 g/mol. The van der Waals surface area contributed by atoms with Crippen LogP contribution in [0, 0.1) is 18.3 Å². The number of hydrogen-bond acceptors (Lipinski definition) is 6. The highest BCUT2D eigenvalue weighted by molar-refractivity contribution is 6.04. The minimum Gasteiger partial charge on any atom is -0.492 e. The zero-order valence-corrected chi connectivity index (χ0v) is 15.6. The Balaban J connectivity index is 1.86. The summed E-state index contributed by atoms with van der Waals surface area (Å²) < 4.78 is 5.61. The molecule has 2 N–H and O–H groups in total. The fourth-order valence-corrected chi connectivity index (χ4v) is 2.61. The summed E-state index contributed by atoms with van der Waals surface area (Å²) in [5, 5.41) is 15.1. The number of rotatable bonds is 6. The first-order chi connectivity index (χ1) is 13.6. The van der Waals surface area contributed by atoms with Gasteiger partial charge in [-0.2, -0.15) is 5.26 Å². The number of carbonyl (C=O) groups is 1. The number of amides is 1. The standard InChI is InChI=1S/C21H19N5O2/c1-3-28-19-11-7-6-10-17(19)25-20-12-18(23-14(2)24-20)21(27)26-16-9-5-4-8-15(16)13-22/h4-12H,3H2,1-2H3,(H,26,27)(H,23,24,25).